The zero-order valence-corrected chi connectivity index (χ0v) is 38.8. The predicted octanol–water partition coefficient (Wildman–Crippen LogP) is 18.2. The molecule has 0 fully saturated rings. The van der Waals surface area contributed by atoms with Crippen LogP contribution in [0.5, 0.6) is 0 Å². The summed E-state index contributed by atoms with van der Waals surface area (Å²) in [7, 11) is 0. The van der Waals surface area contributed by atoms with Gasteiger partial charge in [-0.1, -0.05) is 162 Å². The fraction of sp³-hybridized carbons (Fsp3) is 0.0182. The Kier molecular flexibility index (Phi) is 11.5. The molecule has 0 spiro atoms. The highest BCUT2D eigenvalue weighted by Gasteiger charge is 2.18. The molecule has 0 bridgehead atoms. The quantitative estimate of drug-likeness (QED) is 0.145. The van der Waals surface area contributed by atoms with Crippen LogP contribution in [-0.4, -0.2) is 8.97 Å². The molecule has 0 atom stereocenters. The van der Waals surface area contributed by atoms with Crippen molar-refractivity contribution in [1.82, 2.24) is 8.97 Å². The third-order valence-corrected chi connectivity index (χ3v) is 13.5. The van der Waals surface area contributed by atoms with Crippen LogP contribution in [0.15, 0.2) is 203 Å². The first-order valence-electron chi connectivity index (χ1n) is 20.3. The molecule has 1 aliphatic carbocycles. The summed E-state index contributed by atoms with van der Waals surface area (Å²) >= 11 is 24.5. The Morgan fingerprint density at radius 1 is 0.397 bits per heavy atom. The Labute approximate surface area is 395 Å². The van der Waals surface area contributed by atoms with Gasteiger partial charge < -0.3 is 8.97 Å². The van der Waals surface area contributed by atoms with E-state index in [1.165, 1.54) is 88.2 Å². The molecule has 9 aromatic carbocycles. The van der Waals surface area contributed by atoms with Gasteiger partial charge in [0.05, 0.1) is 37.7 Å². The van der Waals surface area contributed by atoms with Crippen molar-refractivity contribution < 1.29 is 4.39 Å². The van der Waals surface area contributed by atoms with Crippen molar-refractivity contribution in [3.8, 4) is 16.8 Å². The summed E-state index contributed by atoms with van der Waals surface area (Å²) < 4.78 is 18.5. The molecule has 0 saturated heterocycles. The zero-order chi connectivity index (χ0) is 43.2. The average molecular weight is 1010 g/mol. The molecule has 306 valence electrons. The number of nitrogens with zero attached hydrogens (tertiary/aromatic N) is 2. The lowest BCUT2D eigenvalue weighted by atomic mass is 10.1. The van der Waals surface area contributed by atoms with Crippen LogP contribution >= 0.6 is 66.7 Å². The van der Waals surface area contributed by atoms with Crippen molar-refractivity contribution in [1.29, 1.82) is 0 Å². The molecule has 2 nitrogen and oxygen atoms in total. The number of hydrogen-bond donors (Lipinski definition) is 0. The molecule has 1 aliphatic rings. The van der Waals surface area contributed by atoms with Crippen molar-refractivity contribution in [2.24, 2.45) is 0 Å². The van der Waals surface area contributed by atoms with Crippen molar-refractivity contribution in [2.45, 2.75) is 6.42 Å². The highest BCUT2D eigenvalue weighted by atomic mass is 79.9. The van der Waals surface area contributed by atoms with Crippen LogP contribution in [-0.2, 0) is 6.42 Å². The van der Waals surface area contributed by atoms with Crippen LogP contribution in [0.2, 0.25) is 15.1 Å². The van der Waals surface area contributed by atoms with E-state index in [0.717, 1.165) is 26.6 Å². The van der Waals surface area contributed by atoms with E-state index >= 15 is 0 Å². The Morgan fingerprint density at radius 2 is 0.841 bits per heavy atom. The first-order chi connectivity index (χ1) is 30.7. The molecule has 0 aliphatic heterocycles. The van der Waals surface area contributed by atoms with Gasteiger partial charge in [0, 0.05) is 51.9 Å². The lowest BCUT2D eigenvalue weighted by molar-refractivity contribution is 0.621. The van der Waals surface area contributed by atoms with Crippen molar-refractivity contribution in [3.05, 3.63) is 235 Å². The van der Waals surface area contributed by atoms with E-state index in [0.29, 0.717) is 9.50 Å². The van der Waals surface area contributed by atoms with Crippen molar-refractivity contribution in [2.75, 3.05) is 0 Å². The average Bonchev–Trinajstić information content (AvgIpc) is 4.05. The number of para-hydroxylation sites is 4. The topological polar surface area (TPSA) is 9.34 Å². The number of rotatable bonds is 1. The summed E-state index contributed by atoms with van der Waals surface area (Å²) in [6.07, 6.45) is 1.10. The van der Waals surface area contributed by atoms with E-state index in [-0.39, 0.29) is 5.82 Å². The van der Waals surface area contributed by atoms with Gasteiger partial charge in [-0.25, -0.2) is 4.39 Å². The van der Waals surface area contributed by atoms with Gasteiger partial charge in [-0.05, 0) is 127 Å². The third kappa shape index (κ3) is 7.77. The molecule has 0 amide bonds. The van der Waals surface area contributed by atoms with Gasteiger partial charge in [0.1, 0.15) is 5.82 Å². The van der Waals surface area contributed by atoms with Gasteiger partial charge in [-0.15, -0.1) is 0 Å². The second-order valence-corrected chi connectivity index (χ2v) is 18.2. The van der Waals surface area contributed by atoms with Gasteiger partial charge in [0.15, 0.2) is 0 Å². The predicted molar refractivity (Wildman–Crippen MR) is 273 cm³/mol. The van der Waals surface area contributed by atoms with E-state index in [1.807, 2.05) is 24.3 Å². The molecule has 3 aromatic heterocycles. The molecule has 12 aromatic rings. The van der Waals surface area contributed by atoms with Crippen LogP contribution < -0.4 is 0 Å². The standard InChI is InChI=1S/C18H11BrClN.C18H10ClN.C13H10.C6H3BrClF/c19-15-10-9-12(20)11-18(15)21-16-7-3-1-5-13(16)14-6-2-4-8-17(14)21;19-11-8-9-13-15-6-3-5-14-12-4-1-2-7-16(12)20(18(14)15)17(13)10-11;1-3-7-12-10(5-1)9-11-6-2-4-8-13(11)12;7-5-2-1-4(8)3-6(5)9/h1-11H;1-10H;1-8H,9H2;1-3H. The van der Waals surface area contributed by atoms with E-state index in [9.17, 15) is 4.39 Å². The van der Waals surface area contributed by atoms with Crippen LogP contribution in [0.4, 0.5) is 4.39 Å². The summed E-state index contributed by atoms with van der Waals surface area (Å²) in [6.45, 7) is 0. The Bertz CT molecular complexity index is 3550. The molecular weight excluding hydrogens is 974 g/mol. The maximum absolute atomic E-state index is 12.4. The molecule has 13 rings (SSSR count). The largest absolute Gasteiger partial charge is 0.308 e. The maximum atomic E-state index is 12.4. The first kappa shape index (κ1) is 41.4. The van der Waals surface area contributed by atoms with Crippen molar-refractivity contribution in [3.63, 3.8) is 0 Å². The first-order valence-corrected chi connectivity index (χ1v) is 23.0. The fourth-order valence-electron chi connectivity index (χ4n) is 8.79. The van der Waals surface area contributed by atoms with E-state index < -0.39 is 0 Å². The Balaban J connectivity index is 0.000000104. The van der Waals surface area contributed by atoms with Crippen LogP contribution in [0.1, 0.15) is 11.1 Å². The van der Waals surface area contributed by atoms with Gasteiger partial charge in [-0.3, -0.25) is 0 Å². The van der Waals surface area contributed by atoms with Crippen LogP contribution in [0.25, 0.3) is 76.7 Å². The molecule has 8 heteroatoms. The SMILES string of the molecule is Clc1ccc(Br)c(-n2c3ccccc3c3ccccc32)c1.Clc1ccc2c3cccc4c5ccccc5n(c2c1)c43.Fc1cc(Cl)ccc1Br.c1ccc2c(c1)Cc1ccccc1-2. The zero-order valence-electron chi connectivity index (χ0n) is 33.3. The van der Waals surface area contributed by atoms with Crippen LogP contribution in [0, 0.1) is 5.82 Å². The second kappa shape index (κ2) is 17.5. The maximum Gasteiger partial charge on any atom is 0.138 e. The highest BCUT2D eigenvalue weighted by molar-refractivity contribution is 9.10. The lowest BCUT2D eigenvalue weighted by Crippen LogP contribution is -1.94. The lowest BCUT2D eigenvalue weighted by Gasteiger charge is -2.10. The van der Waals surface area contributed by atoms with Gasteiger partial charge >= 0.3 is 0 Å². The van der Waals surface area contributed by atoms with Crippen LogP contribution in [0.3, 0.4) is 0 Å². The fourth-order valence-corrected chi connectivity index (χ4v) is 9.96. The summed E-state index contributed by atoms with van der Waals surface area (Å²) in [5.74, 6) is -0.331. The number of aromatic nitrogens is 2. The summed E-state index contributed by atoms with van der Waals surface area (Å²) in [5.41, 5.74) is 12.9. The minimum Gasteiger partial charge on any atom is -0.308 e. The molecule has 63 heavy (non-hydrogen) atoms. The molecule has 3 heterocycles. The minimum atomic E-state index is -0.331. The summed E-state index contributed by atoms with van der Waals surface area (Å²) in [5, 5.41) is 9.60. The van der Waals surface area contributed by atoms with E-state index in [2.05, 4.69) is 192 Å². The molecule has 0 saturated carbocycles. The summed E-state index contributed by atoms with van der Waals surface area (Å²) in [4.78, 5) is 0. The molecular formula is C55H34Br2Cl3FN2. The number of fused-ring (bicyclic) bond motifs is 12. The monoisotopic (exact) mass is 1000 g/mol. The normalized spacial score (nSPS) is 11.6. The summed E-state index contributed by atoms with van der Waals surface area (Å²) in [6, 6.07) is 65.7. The Hall–Kier alpha value is -5.66. The van der Waals surface area contributed by atoms with Gasteiger partial charge in [-0.2, -0.15) is 0 Å². The molecule has 0 N–H and O–H groups in total. The number of halogens is 6. The van der Waals surface area contributed by atoms with Crippen molar-refractivity contribution >= 4 is 127 Å². The molecule has 0 radical (unpaired) electrons. The number of benzene rings is 9. The second-order valence-electron chi connectivity index (χ2n) is 15.2. The van der Waals surface area contributed by atoms with E-state index in [1.54, 1.807) is 12.1 Å². The minimum absolute atomic E-state index is 0.331. The third-order valence-electron chi connectivity index (χ3n) is 11.5. The number of hydrogen-bond acceptors (Lipinski definition) is 0. The Morgan fingerprint density at radius 3 is 1.43 bits per heavy atom. The highest BCUT2D eigenvalue weighted by Crippen LogP contribution is 2.40. The molecule has 0 unspecified atom stereocenters. The smallest absolute Gasteiger partial charge is 0.138 e. The van der Waals surface area contributed by atoms with Gasteiger partial charge in [0.2, 0.25) is 0 Å². The van der Waals surface area contributed by atoms with Gasteiger partial charge in [0.25, 0.3) is 0 Å². The van der Waals surface area contributed by atoms with E-state index in [4.69, 9.17) is 34.8 Å².